The molecule has 0 unspecified atom stereocenters. The van der Waals surface area contributed by atoms with Crippen molar-refractivity contribution in [3.8, 4) is 0 Å². The van der Waals surface area contributed by atoms with Gasteiger partial charge in [0, 0.05) is 19.7 Å². The molecule has 1 aromatic carbocycles. The summed E-state index contributed by atoms with van der Waals surface area (Å²) in [4.78, 5) is 10.8. The lowest BCUT2D eigenvalue weighted by molar-refractivity contribution is 0.0697. The van der Waals surface area contributed by atoms with Gasteiger partial charge in [-0.3, -0.25) is 0 Å². The van der Waals surface area contributed by atoms with Crippen LogP contribution in [-0.2, 0) is 10.0 Å². The smallest absolute Gasteiger partial charge is 0.335 e. The van der Waals surface area contributed by atoms with Gasteiger partial charge in [0.1, 0.15) is 4.90 Å². The molecule has 116 valence electrons. The number of nitrogens with zero attached hydrogens (tertiary/aromatic N) is 1. The van der Waals surface area contributed by atoms with Gasteiger partial charge in [-0.1, -0.05) is 0 Å². The number of benzene rings is 1. The molecule has 0 spiro atoms. The number of sulfonamides is 1. The number of aromatic carboxylic acids is 1. The summed E-state index contributed by atoms with van der Waals surface area (Å²) < 4.78 is 26.4. The van der Waals surface area contributed by atoms with E-state index < -0.39 is 16.0 Å². The first-order valence-electron chi connectivity index (χ1n) is 6.60. The average molecular weight is 314 g/mol. The van der Waals surface area contributed by atoms with Crippen molar-refractivity contribution in [3.63, 3.8) is 0 Å². The molecular formula is C13H18N2O5S. The van der Waals surface area contributed by atoms with Gasteiger partial charge in [0.25, 0.3) is 0 Å². The molecule has 0 saturated carbocycles. The summed E-state index contributed by atoms with van der Waals surface area (Å²) in [5, 5.41) is 17.9. The van der Waals surface area contributed by atoms with Crippen LogP contribution >= 0.6 is 0 Å². The van der Waals surface area contributed by atoms with E-state index in [4.69, 9.17) is 15.9 Å². The Morgan fingerprint density at radius 1 is 1.33 bits per heavy atom. The van der Waals surface area contributed by atoms with Gasteiger partial charge in [0.2, 0.25) is 10.0 Å². The number of hydrogen-bond donors (Lipinski definition) is 3. The maximum absolute atomic E-state index is 12.5. The largest absolute Gasteiger partial charge is 0.478 e. The average Bonchev–Trinajstić information content (AvgIpc) is 2.46. The lowest BCUT2D eigenvalue weighted by atomic mass is 10.00. The second-order valence-corrected chi connectivity index (χ2v) is 6.99. The molecule has 1 fully saturated rings. The lowest BCUT2D eigenvalue weighted by Crippen LogP contribution is -2.39. The van der Waals surface area contributed by atoms with E-state index in [-0.39, 0.29) is 28.7 Å². The number of piperidine rings is 1. The van der Waals surface area contributed by atoms with Gasteiger partial charge in [-0.05, 0) is 37.0 Å². The van der Waals surface area contributed by atoms with Crippen LogP contribution in [0.15, 0.2) is 23.1 Å². The van der Waals surface area contributed by atoms with Crippen molar-refractivity contribution in [2.75, 3.05) is 25.4 Å². The van der Waals surface area contributed by atoms with E-state index in [0.29, 0.717) is 25.9 Å². The van der Waals surface area contributed by atoms with Crippen molar-refractivity contribution in [3.05, 3.63) is 23.8 Å². The number of nitrogens with two attached hydrogens (primary N) is 1. The highest BCUT2D eigenvalue weighted by Crippen LogP contribution is 2.27. The molecular weight excluding hydrogens is 296 g/mol. The summed E-state index contributed by atoms with van der Waals surface area (Å²) in [7, 11) is -3.73. The maximum atomic E-state index is 12.5. The van der Waals surface area contributed by atoms with Crippen molar-refractivity contribution in [1.29, 1.82) is 0 Å². The summed E-state index contributed by atoms with van der Waals surface area (Å²) in [6.45, 7) is 0.713. The summed E-state index contributed by atoms with van der Waals surface area (Å²) in [6, 6.07) is 3.61. The zero-order valence-corrected chi connectivity index (χ0v) is 12.2. The second kappa shape index (κ2) is 6.00. The summed E-state index contributed by atoms with van der Waals surface area (Å²) in [6.07, 6.45) is 1.20. The van der Waals surface area contributed by atoms with E-state index >= 15 is 0 Å². The van der Waals surface area contributed by atoms with Gasteiger partial charge < -0.3 is 15.9 Å². The third-order valence-corrected chi connectivity index (χ3v) is 5.68. The molecule has 1 heterocycles. The molecule has 1 aromatic rings. The van der Waals surface area contributed by atoms with Crippen LogP contribution in [0.2, 0.25) is 0 Å². The zero-order valence-electron chi connectivity index (χ0n) is 11.4. The van der Waals surface area contributed by atoms with Crippen LogP contribution in [0.5, 0.6) is 0 Å². The number of aliphatic hydroxyl groups is 1. The highest BCUT2D eigenvalue weighted by Gasteiger charge is 2.30. The Morgan fingerprint density at radius 2 is 1.95 bits per heavy atom. The van der Waals surface area contributed by atoms with Gasteiger partial charge >= 0.3 is 5.97 Å². The molecule has 0 radical (unpaired) electrons. The van der Waals surface area contributed by atoms with Crippen molar-refractivity contribution in [1.82, 2.24) is 4.31 Å². The van der Waals surface area contributed by atoms with Crippen LogP contribution in [0.4, 0.5) is 5.69 Å². The Labute approximate surface area is 123 Å². The van der Waals surface area contributed by atoms with Gasteiger partial charge in [-0.25, -0.2) is 13.2 Å². The third-order valence-electron chi connectivity index (χ3n) is 3.71. The number of nitrogen functional groups attached to an aromatic ring is 1. The van der Waals surface area contributed by atoms with E-state index in [1.54, 1.807) is 0 Å². The Balaban J connectivity index is 2.26. The van der Waals surface area contributed by atoms with Gasteiger partial charge in [-0.15, -0.1) is 0 Å². The zero-order chi connectivity index (χ0) is 15.6. The lowest BCUT2D eigenvalue weighted by Gasteiger charge is -2.30. The Morgan fingerprint density at radius 3 is 2.43 bits per heavy atom. The molecule has 0 atom stereocenters. The minimum Gasteiger partial charge on any atom is -0.478 e. The normalized spacial score (nSPS) is 17.8. The molecule has 8 heteroatoms. The van der Waals surface area contributed by atoms with Crippen LogP contribution in [0.1, 0.15) is 23.2 Å². The molecule has 4 N–H and O–H groups in total. The van der Waals surface area contributed by atoms with E-state index in [2.05, 4.69) is 0 Å². The third kappa shape index (κ3) is 3.17. The number of hydrogen-bond acceptors (Lipinski definition) is 5. The first kappa shape index (κ1) is 15.7. The molecule has 2 rings (SSSR count). The molecule has 1 saturated heterocycles. The molecule has 0 amide bonds. The van der Waals surface area contributed by atoms with Crippen molar-refractivity contribution < 1.29 is 23.4 Å². The topological polar surface area (TPSA) is 121 Å². The molecule has 1 aliphatic rings. The van der Waals surface area contributed by atoms with E-state index in [9.17, 15) is 13.2 Å². The number of rotatable bonds is 4. The number of anilines is 1. The Kier molecular flexibility index (Phi) is 4.50. The fraction of sp³-hybridized carbons (Fsp3) is 0.462. The van der Waals surface area contributed by atoms with Crippen LogP contribution in [-0.4, -0.2) is 48.6 Å². The number of carbonyl (C=O) groups is 1. The fourth-order valence-electron chi connectivity index (χ4n) is 2.39. The quantitative estimate of drug-likeness (QED) is 0.690. The van der Waals surface area contributed by atoms with Crippen molar-refractivity contribution in [2.45, 2.75) is 17.7 Å². The van der Waals surface area contributed by atoms with Gasteiger partial charge in [0.05, 0.1) is 11.3 Å². The van der Waals surface area contributed by atoms with Crippen LogP contribution < -0.4 is 5.73 Å². The SMILES string of the molecule is Nc1cc(C(=O)O)ccc1S(=O)(=O)N1CCC(CO)CC1. The number of carboxylic acid groups (broad SMARTS) is 1. The predicted molar refractivity (Wildman–Crippen MR) is 76.4 cm³/mol. The highest BCUT2D eigenvalue weighted by molar-refractivity contribution is 7.89. The second-order valence-electron chi connectivity index (χ2n) is 5.09. The highest BCUT2D eigenvalue weighted by atomic mass is 32.2. The molecule has 0 aliphatic carbocycles. The van der Waals surface area contributed by atoms with Crippen LogP contribution in [0.25, 0.3) is 0 Å². The Hall–Kier alpha value is -1.64. The molecule has 0 aromatic heterocycles. The van der Waals surface area contributed by atoms with Gasteiger partial charge in [0.15, 0.2) is 0 Å². The Bertz CT molecular complexity index is 636. The summed E-state index contributed by atoms with van der Waals surface area (Å²) >= 11 is 0. The minimum atomic E-state index is -3.73. The molecule has 0 bridgehead atoms. The monoisotopic (exact) mass is 314 g/mol. The first-order valence-corrected chi connectivity index (χ1v) is 8.04. The van der Waals surface area contributed by atoms with E-state index in [1.807, 2.05) is 0 Å². The molecule has 21 heavy (non-hydrogen) atoms. The first-order chi connectivity index (χ1) is 9.86. The standard InChI is InChI=1S/C13H18N2O5S/c14-11-7-10(13(17)18)1-2-12(11)21(19,20)15-5-3-9(8-16)4-6-15/h1-2,7,9,16H,3-6,8,14H2,(H,17,18). The van der Waals surface area contributed by atoms with Crippen LogP contribution in [0, 0.1) is 5.92 Å². The maximum Gasteiger partial charge on any atom is 0.335 e. The summed E-state index contributed by atoms with van der Waals surface area (Å²) in [5.41, 5.74) is 5.58. The number of aliphatic hydroxyl groups excluding tert-OH is 1. The minimum absolute atomic E-state index is 0.0505. The van der Waals surface area contributed by atoms with Gasteiger partial charge in [-0.2, -0.15) is 4.31 Å². The summed E-state index contributed by atoms with van der Waals surface area (Å²) in [5.74, 6) is -1.03. The van der Waals surface area contributed by atoms with Crippen molar-refractivity contribution in [2.24, 2.45) is 5.92 Å². The fourth-order valence-corrected chi connectivity index (χ4v) is 3.95. The number of carboxylic acids is 1. The van der Waals surface area contributed by atoms with Crippen LogP contribution in [0.3, 0.4) is 0 Å². The van der Waals surface area contributed by atoms with E-state index in [1.165, 1.54) is 16.4 Å². The van der Waals surface area contributed by atoms with E-state index in [0.717, 1.165) is 6.07 Å². The predicted octanol–water partition coefficient (Wildman–Crippen LogP) is 0.360. The molecule has 1 aliphatic heterocycles. The van der Waals surface area contributed by atoms with Crippen molar-refractivity contribution >= 4 is 21.7 Å². The molecule has 7 nitrogen and oxygen atoms in total.